The van der Waals surface area contributed by atoms with Crippen LogP contribution in [0.1, 0.15) is 52.4 Å². The summed E-state index contributed by atoms with van der Waals surface area (Å²) in [7, 11) is 1.24. The topological polar surface area (TPSA) is 241 Å². The summed E-state index contributed by atoms with van der Waals surface area (Å²) in [6.45, 7) is 4.73. The second kappa shape index (κ2) is 19.0. The van der Waals surface area contributed by atoms with Gasteiger partial charge in [-0.1, -0.05) is 6.92 Å². The van der Waals surface area contributed by atoms with Crippen LogP contribution in [0.25, 0.3) is 0 Å². The van der Waals surface area contributed by atoms with E-state index in [9.17, 15) is 39.6 Å². The van der Waals surface area contributed by atoms with Gasteiger partial charge in [0.2, 0.25) is 5.91 Å². The third-order valence-electron chi connectivity index (χ3n) is 5.70. The minimum Gasteiger partial charge on any atom is -0.467 e. The number of hydrogen-bond acceptors (Lipinski definition) is 12. The minimum atomic E-state index is -2.19. The normalized spacial score (nSPS) is 17.0. The van der Waals surface area contributed by atoms with Gasteiger partial charge in [0.05, 0.1) is 13.2 Å². The Hall–Kier alpha value is -2.20. The van der Waals surface area contributed by atoms with Crippen molar-refractivity contribution < 1.29 is 49.4 Å². The second-order valence-corrected chi connectivity index (χ2v) is 8.78. The van der Waals surface area contributed by atoms with Gasteiger partial charge in [-0.15, -0.1) is 0 Å². The zero-order valence-corrected chi connectivity index (χ0v) is 21.8. The van der Waals surface area contributed by atoms with E-state index in [1.807, 2.05) is 6.92 Å². The largest absolute Gasteiger partial charge is 0.467 e. The van der Waals surface area contributed by atoms with E-state index in [-0.39, 0.29) is 13.0 Å². The van der Waals surface area contributed by atoms with E-state index in [1.165, 1.54) is 7.11 Å². The van der Waals surface area contributed by atoms with Gasteiger partial charge in [-0.25, -0.2) is 4.79 Å². The fourth-order valence-electron chi connectivity index (χ4n) is 3.33. The van der Waals surface area contributed by atoms with Crippen molar-refractivity contribution in [1.29, 1.82) is 0 Å². The average Bonchev–Trinajstić information content (AvgIpc) is 2.88. The van der Waals surface area contributed by atoms with Gasteiger partial charge in [-0.2, -0.15) is 0 Å². The molecule has 0 heterocycles. The van der Waals surface area contributed by atoms with Crippen molar-refractivity contribution >= 4 is 23.6 Å². The number of nitrogens with two attached hydrogens (primary N) is 1. The van der Waals surface area contributed by atoms with Crippen molar-refractivity contribution in [3.05, 3.63) is 0 Å². The number of nitrogens with one attached hydrogen (secondary N) is 3. The molecule has 14 nitrogen and oxygen atoms in total. The first kappa shape index (κ1) is 34.8. The number of aliphatic hydroxyl groups is 5. The molecule has 0 aliphatic rings. The minimum absolute atomic E-state index is 0.0405. The van der Waals surface area contributed by atoms with E-state index in [2.05, 4.69) is 16.0 Å². The van der Waals surface area contributed by atoms with E-state index in [0.717, 1.165) is 26.4 Å². The van der Waals surface area contributed by atoms with E-state index < -0.39 is 66.2 Å². The van der Waals surface area contributed by atoms with Gasteiger partial charge in [0, 0.05) is 6.54 Å². The second-order valence-electron chi connectivity index (χ2n) is 8.78. The van der Waals surface area contributed by atoms with Crippen LogP contribution in [0.15, 0.2) is 0 Å². The lowest BCUT2D eigenvalue weighted by Gasteiger charge is -2.25. The van der Waals surface area contributed by atoms with Crippen LogP contribution in [0.2, 0.25) is 0 Å². The highest BCUT2D eigenvalue weighted by atomic mass is 16.5. The molecule has 0 aliphatic heterocycles. The molecule has 0 saturated heterocycles. The first-order valence-electron chi connectivity index (χ1n) is 12.4. The third kappa shape index (κ3) is 13.2. The number of ether oxygens (including phenoxy) is 1. The quantitative estimate of drug-likeness (QED) is 0.0542. The maximum absolute atomic E-state index is 12.4. The van der Waals surface area contributed by atoms with Gasteiger partial charge < -0.3 is 52.0 Å². The molecular weight excluding hydrogens is 492 g/mol. The first-order valence-corrected chi connectivity index (χ1v) is 12.4. The summed E-state index contributed by atoms with van der Waals surface area (Å²) < 4.78 is 4.75. The zero-order chi connectivity index (χ0) is 28.5. The van der Waals surface area contributed by atoms with Crippen LogP contribution in [-0.2, 0) is 23.9 Å². The van der Waals surface area contributed by atoms with Gasteiger partial charge in [0.25, 0.3) is 5.91 Å². The summed E-state index contributed by atoms with van der Waals surface area (Å²) >= 11 is 0. The van der Waals surface area contributed by atoms with Crippen LogP contribution in [0.3, 0.4) is 0 Å². The maximum Gasteiger partial charge on any atom is 0.328 e. The Morgan fingerprint density at radius 1 is 0.838 bits per heavy atom. The Morgan fingerprint density at radius 2 is 1.41 bits per heavy atom. The summed E-state index contributed by atoms with van der Waals surface area (Å²) in [5.41, 5.74) is 5.91. The van der Waals surface area contributed by atoms with Gasteiger partial charge >= 0.3 is 5.97 Å². The predicted octanol–water partition coefficient (Wildman–Crippen LogP) is -3.57. The molecule has 0 aromatic carbocycles. The van der Waals surface area contributed by atoms with Gasteiger partial charge in [-0.05, 0) is 58.5 Å². The SMILES string of the molecule is CCNCCCCC(NC(=O)[C@@H](N)CCCCNC(=O)[C@H](O)[C@@H](O)C(O)C(O)C(=O)C(C)O)C(=O)OC. The van der Waals surface area contributed by atoms with E-state index in [0.29, 0.717) is 25.7 Å². The van der Waals surface area contributed by atoms with E-state index in [4.69, 9.17) is 15.6 Å². The lowest BCUT2D eigenvalue weighted by atomic mass is 9.97. The number of amides is 2. The van der Waals surface area contributed by atoms with E-state index >= 15 is 0 Å². The van der Waals surface area contributed by atoms with Crippen molar-refractivity contribution in [2.75, 3.05) is 26.7 Å². The molecule has 216 valence electrons. The molecule has 0 aromatic heterocycles. The van der Waals surface area contributed by atoms with Crippen molar-refractivity contribution in [2.45, 2.75) is 95.0 Å². The average molecular weight is 537 g/mol. The smallest absolute Gasteiger partial charge is 0.328 e. The number of unbranched alkanes of at least 4 members (excludes halogenated alkanes) is 2. The van der Waals surface area contributed by atoms with Gasteiger partial charge in [-0.3, -0.25) is 14.4 Å². The maximum atomic E-state index is 12.4. The standard InChI is InChI=1S/C23H44N4O10/c1-4-25-11-7-6-10-15(23(36)37-3)27-21(34)14(24)9-5-8-12-26-22(35)20(33)19(32)18(31)17(30)16(29)13(2)28/h13-15,17-20,25,28,30-33H,4-12,24H2,1-3H3,(H,26,35)(H,27,34)/t13?,14-,15?,17?,18?,19-,20+/m0/s1. The molecule has 0 saturated carbocycles. The lowest BCUT2D eigenvalue weighted by molar-refractivity contribution is -0.158. The Labute approximate surface area is 216 Å². The number of ketones is 1. The van der Waals surface area contributed by atoms with Crippen molar-refractivity contribution in [1.82, 2.24) is 16.0 Å². The van der Waals surface area contributed by atoms with Crippen LogP contribution in [0.4, 0.5) is 0 Å². The molecular formula is C23H44N4O10. The summed E-state index contributed by atoms with van der Waals surface area (Å²) in [5.74, 6) is -3.30. The molecule has 0 fully saturated rings. The number of Topliss-reactive ketones (excluding diaryl/α,β-unsaturated/α-hetero) is 1. The van der Waals surface area contributed by atoms with Crippen LogP contribution in [0.5, 0.6) is 0 Å². The Bertz CT molecular complexity index is 709. The number of hydrogen-bond donors (Lipinski definition) is 9. The number of methoxy groups -OCH3 is 1. The molecule has 0 rings (SSSR count). The van der Waals surface area contributed by atoms with Crippen LogP contribution >= 0.6 is 0 Å². The summed E-state index contributed by atoms with van der Waals surface area (Å²) in [4.78, 5) is 47.8. The van der Waals surface area contributed by atoms with Crippen molar-refractivity contribution in [2.24, 2.45) is 5.73 Å². The number of carbonyl (C=O) groups excluding carboxylic acids is 4. The van der Waals surface area contributed by atoms with Crippen LogP contribution < -0.4 is 21.7 Å². The summed E-state index contributed by atoms with van der Waals surface area (Å²) in [5, 5.41) is 56.4. The fourth-order valence-corrected chi connectivity index (χ4v) is 3.33. The number of carbonyl (C=O) groups is 4. The summed E-state index contributed by atoms with van der Waals surface area (Å²) in [6.07, 6.45) is -7.37. The molecule has 0 bridgehead atoms. The molecule has 14 heteroatoms. The van der Waals surface area contributed by atoms with Crippen molar-refractivity contribution in [3.63, 3.8) is 0 Å². The van der Waals surface area contributed by atoms with Crippen molar-refractivity contribution in [3.8, 4) is 0 Å². The molecule has 0 aromatic rings. The Kier molecular flexibility index (Phi) is 17.8. The fraction of sp³-hybridized carbons (Fsp3) is 0.826. The highest BCUT2D eigenvalue weighted by molar-refractivity contribution is 5.88. The molecule has 7 atom stereocenters. The lowest BCUT2D eigenvalue weighted by Crippen LogP contribution is -2.53. The first-order chi connectivity index (χ1) is 17.4. The van der Waals surface area contributed by atoms with Crippen LogP contribution in [0, 0.1) is 0 Å². The monoisotopic (exact) mass is 536 g/mol. The zero-order valence-electron chi connectivity index (χ0n) is 21.8. The highest BCUT2D eigenvalue weighted by Crippen LogP contribution is 2.09. The molecule has 37 heavy (non-hydrogen) atoms. The molecule has 0 radical (unpaired) electrons. The molecule has 0 aliphatic carbocycles. The number of aliphatic hydroxyl groups excluding tert-OH is 5. The molecule has 0 spiro atoms. The third-order valence-corrected chi connectivity index (χ3v) is 5.70. The highest BCUT2D eigenvalue weighted by Gasteiger charge is 2.38. The van der Waals surface area contributed by atoms with Crippen LogP contribution in [-0.4, -0.2) is 118 Å². The Balaban J connectivity index is 4.44. The summed E-state index contributed by atoms with van der Waals surface area (Å²) in [6, 6.07) is -1.71. The molecule has 10 N–H and O–H groups in total. The predicted molar refractivity (Wildman–Crippen MR) is 132 cm³/mol. The number of esters is 1. The van der Waals surface area contributed by atoms with E-state index in [1.54, 1.807) is 0 Å². The van der Waals surface area contributed by atoms with Gasteiger partial charge in [0.15, 0.2) is 11.9 Å². The molecule has 2 amide bonds. The number of rotatable bonds is 20. The molecule has 4 unspecified atom stereocenters. The Morgan fingerprint density at radius 3 is 1.97 bits per heavy atom. The van der Waals surface area contributed by atoms with Gasteiger partial charge in [0.1, 0.15) is 30.5 Å².